The summed E-state index contributed by atoms with van der Waals surface area (Å²) in [4.78, 5) is 14.6. The Morgan fingerprint density at radius 3 is 2.33 bits per heavy atom. The molecule has 0 aliphatic carbocycles. The molecular formula is C20H33NO2Si. The van der Waals surface area contributed by atoms with Crippen molar-refractivity contribution in [3.8, 4) is 0 Å². The average Bonchev–Trinajstić information content (AvgIpc) is 2.75. The van der Waals surface area contributed by atoms with Crippen LogP contribution in [0, 0.1) is 12.8 Å². The molecule has 0 unspecified atom stereocenters. The third kappa shape index (κ3) is 4.09. The summed E-state index contributed by atoms with van der Waals surface area (Å²) < 4.78 is 6.24. The van der Waals surface area contributed by atoms with E-state index in [1.807, 2.05) is 4.90 Å². The molecule has 4 heteroatoms. The van der Waals surface area contributed by atoms with Crippen molar-refractivity contribution in [2.45, 2.75) is 58.7 Å². The molecule has 134 valence electrons. The average molecular weight is 348 g/mol. The molecule has 1 aliphatic rings. The normalized spacial score (nSPS) is 22.3. The Labute approximate surface area is 148 Å². The lowest BCUT2D eigenvalue weighted by Gasteiger charge is -2.36. The number of amides is 1. The Kier molecular flexibility index (Phi) is 5.60. The maximum absolute atomic E-state index is 12.6. The number of hydrogen-bond acceptors (Lipinski definition) is 2. The molecule has 0 bridgehead atoms. The van der Waals surface area contributed by atoms with Gasteiger partial charge in [-0.25, -0.2) is 0 Å². The van der Waals surface area contributed by atoms with E-state index in [9.17, 15) is 4.79 Å². The number of carbonyl (C=O) groups is 1. The predicted molar refractivity (Wildman–Crippen MR) is 103 cm³/mol. The van der Waals surface area contributed by atoms with Gasteiger partial charge in [-0.15, -0.1) is 0 Å². The van der Waals surface area contributed by atoms with E-state index in [0.717, 1.165) is 6.54 Å². The largest absolute Gasteiger partial charge is 0.415 e. The molecule has 0 radical (unpaired) electrons. The van der Waals surface area contributed by atoms with Gasteiger partial charge >= 0.3 is 0 Å². The van der Waals surface area contributed by atoms with Crippen LogP contribution in [0.1, 0.15) is 44.7 Å². The molecule has 24 heavy (non-hydrogen) atoms. The van der Waals surface area contributed by atoms with Crippen LogP contribution in [-0.2, 0) is 9.22 Å². The first-order valence-electron chi connectivity index (χ1n) is 9.02. The van der Waals surface area contributed by atoms with Crippen molar-refractivity contribution in [1.29, 1.82) is 0 Å². The molecule has 2 rings (SSSR count). The van der Waals surface area contributed by atoms with Crippen LogP contribution < -0.4 is 0 Å². The summed E-state index contributed by atoms with van der Waals surface area (Å²) in [6.07, 6.45) is 0. The fraction of sp³-hybridized carbons (Fsp3) is 0.650. The van der Waals surface area contributed by atoms with Crippen LogP contribution >= 0.6 is 0 Å². The van der Waals surface area contributed by atoms with Gasteiger partial charge in [0, 0.05) is 24.9 Å². The summed E-state index contributed by atoms with van der Waals surface area (Å²) in [5, 5.41) is 0.208. The number of aryl methyl sites for hydroxylation is 1. The lowest BCUT2D eigenvalue weighted by atomic mass is 9.90. The van der Waals surface area contributed by atoms with Gasteiger partial charge in [0.15, 0.2) is 8.32 Å². The van der Waals surface area contributed by atoms with Crippen molar-refractivity contribution in [3.05, 3.63) is 35.4 Å². The molecule has 0 saturated carbocycles. The molecule has 1 aromatic carbocycles. The summed E-state index contributed by atoms with van der Waals surface area (Å²) in [6.45, 7) is 17.6. The van der Waals surface area contributed by atoms with E-state index in [-0.39, 0.29) is 16.9 Å². The second kappa shape index (κ2) is 7.01. The Bertz CT molecular complexity index is 574. The van der Waals surface area contributed by atoms with Gasteiger partial charge in [0.25, 0.3) is 0 Å². The Hall–Kier alpha value is -1.13. The number of carbonyl (C=O) groups excluding carboxylic acids is 1. The van der Waals surface area contributed by atoms with Crippen LogP contribution in [0.5, 0.6) is 0 Å². The smallest absolute Gasteiger partial charge is 0.226 e. The molecule has 1 saturated heterocycles. The first kappa shape index (κ1) is 19.2. The molecule has 1 aromatic rings. The number of benzene rings is 1. The minimum absolute atomic E-state index is 0.0561. The fourth-order valence-electron chi connectivity index (χ4n) is 2.98. The van der Waals surface area contributed by atoms with Crippen molar-refractivity contribution >= 4 is 14.2 Å². The number of likely N-dealkylation sites (tertiary alicyclic amines) is 1. The van der Waals surface area contributed by atoms with Gasteiger partial charge in [-0.2, -0.15) is 0 Å². The third-order valence-electron chi connectivity index (χ3n) is 5.86. The molecule has 1 amide bonds. The third-order valence-corrected chi connectivity index (χ3v) is 10.4. The van der Waals surface area contributed by atoms with Crippen molar-refractivity contribution in [1.82, 2.24) is 4.90 Å². The minimum Gasteiger partial charge on any atom is -0.415 e. The highest BCUT2D eigenvalue weighted by atomic mass is 28.4. The molecule has 0 N–H and O–H groups in total. The SMILES string of the molecule is Cc1ccc([C@@H]2CN(CCO[Si](C)(C)C(C)(C)C)C(=O)[C@@H]2C)cc1. The van der Waals surface area contributed by atoms with E-state index in [0.29, 0.717) is 19.1 Å². The van der Waals surface area contributed by atoms with Crippen molar-refractivity contribution in [3.63, 3.8) is 0 Å². The second-order valence-electron chi connectivity index (χ2n) is 8.70. The van der Waals surface area contributed by atoms with E-state index in [1.165, 1.54) is 11.1 Å². The van der Waals surface area contributed by atoms with E-state index in [4.69, 9.17) is 4.43 Å². The summed E-state index contributed by atoms with van der Waals surface area (Å²) in [6, 6.07) is 8.60. The lowest BCUT2D eigenvalue weighted by molar-refractivity contribution is -0.130. The Morgan fingerprint density at radius 1 is 1.21 bits per heavy atom. The van der Waals surface area contributed by atoms with Crippen LogP contribution in [0.3, 0.4) is 0 Å². The van der Waals surface area contributed by atoms with E-state index in [1.54, 1.807) is 0 Å². The van der Waals surface area contributed by atoms with Crippen LogP contribution in [0.2, 0.25) is 18.1 Å². The zero-order valence-corrected chi connectivity index (χ0v) is 17.3. The highest BCUT2D eigenvalue weighted by molar-refractivity contribution is 6.74. The van der Waals surface area contributed by atoms with Gasteiger partial charge in [-0.1, -0.05) is 57.5 Å². The minimum atomic E-state index is -1.74. The highest BCUT2D eigenvalue weighted by Crippen LogP contribution is 2.37. The zero-order valence-electron chi connectivity index (χ0n) is 16.3. The van der Waals surface area contributed by atoms with Crippen LogP contribution in [0.4, 0.5) is 0 Å². The van der Waals surface area contributed by atoms with Gasteiger partial charge in [0.2, 0.25) is 5.91 Å². The number of hydrogen-bond donors (Lipinski definition) is 0. The Balaban J connectivity index is 1.96. The molecule has 0 spiro atoms. The molecule has 1 aliphatic heterocycles. The standard InChI is InChI=1S/C20H33NO2Si/c1-15-8-10-17(11-9-15)18-14-21(19(22)16(18)2)12-13-23-24(6,7)20(3,4)5/h8-11,16,18H,12-14H2,1-7H3/t16-,18-/m1/s1. The number of rotatable bonds is 5. The van der Waals surface area contributed by atoms with Crippen LogP contribution in [0.25, 0.3) is 0 Å². The van der Waals surface area contributed by atoms with Crippen LogP contribution in [-0.4, -0.2) is 38.8 Å². The monoisotopic (exact) mass is 347 g/mol. The molecule has 1 heterocycles. The zero-order chi connectivity index (χ0) is 18.1. The summed E-state index contributed by atoms with van der Waals surface area (Å²) in [7, 11) is -1.74. The van der Waals surface area contributed by atoms with Crippen molar-refractivity contribution in [2.24, 2.45) is 5.92 Å². The molecular weight excluding hydrogens is 314 g/mol. The summed E-state index contributed by atoms with van der Waals surface area (Å²) in [5.74, 6) is 0.617. The summed E-state index contributed by atoms with van der Waals surface area (Å²) >= 11 is 0. The molecule has 1 fully saturated rings. The second-order valence-corrected chi connectivity index (χ2v) is 13.5. The van der Waals surface area contributed by atoms with Gasteiger partial charge in [-0.05, 0) is 30.6 Å². The van der Waals surface area contributed by atoms with Gasteiger partial charge < -0.3 is 9.33 Å². The lowest BCUT2D eigenvalue weighted by Crippen LogP contribution is -2.43. The Morgan fingerprint density at radius 2 is 1.79 bits per heavy atom. The summed E-state index contributed by atoms with van der Waals surface area (Å²) in [5.41, 5.74) is 2.53. The molecule has 3 nitrogen and oxygen atoms in total. The van der Waals surface area contributed by atoms with Crippen LogP contribution in [0.15, 0.2) is 24.3 Å². The van der Waals surface area contributed by atoms with Gasteiger partial charge in [0.1, 0.15) is 0 Å². The maximum Gasteiger partial charge on any atom is 0.226 e. The van der Waals surface area contributed by atoms with E-state index >= 15 is 0 Å². The number of nitrogens with zero attached hydrogens (tertiary/aromatic N) is 1. The quantitative estimate of drug-likeness (QED) is 0.730. The molecule has 2 atom stereocenters. The van der Waals surface area contributed by atoms with E-state index < -0.39 is 8.32 Å². The molecule has 0 aromatic heterocycles. The first-order chi connectivity index (χ1) is 11.0. The first-order valence-corrected chi connectivity index (χ1v) is 11.9. The van der Waals surface area contributed by atoms with Crippen molar-refractivity contribution < 1.29 is 9.22 Å². The topological polar surface area (TPSA) is 29.5 Å². The van der Waals surface area contributed by atoms with E-state index in [2.05, 4.69) is 72.0 Å². The predicted octanol–water partition coefficient (Wildman–Crippen LogP) is 4.58. The van der Waals surface area contributed by atoms with Crippen molar-refractivity contribution in [2.75, 3.05) is 19.7 Å². The van der Waals surface area contributed by atoms with Gasteiger partial charge in [-0.3, -0.25) is 4.79 Å². The fourth-order valence-corrected chi connectivity index (χ4v) is 4.02. The highest BCUT2D eigenvalue weighted by Gasteiger charge is 2.39. The maximum atomic E-state index is 12.6. The van der Waals surface area contributed by atoms with Gasteiger partial charge in [0.05, 0.1) is 6.61 Å².